The smallest absolute Gasteiger partial charge is 0.0139 e. The Morgan fingerprint density at radius 2 is 0.788 bits per heavy atom. The fourth-order valence-electron chi connectivity index (χ4n) is 6.17. The average molecular weight is 551 g/mol. The molecule has 0 aromatic heterocycles. The van der Waals surface area contributed by atoms with Gasteiger partial charge in [-0.1, -0.05) is 110 Å². The molecule has 4 aromatic carbocycles. The molecule has 2 aliphatic rings. The van der Waals surface area contributed by atoms with Crippen molar-refractivity contribution in [3.05, 3.63) is 119 Å². The van der Waals surface area contributed by atoms with E-state index in [9.17, 15) is 0 Å². The first-order valence-corrected chi connectivity index (χ1v) is 11.2. The second kappa shape index (κ2) is 10.7. The van der Waals surface area contributed by atoms with E-state index in [1.807, 2.05) is 0 Å². The first-order chi connectivity index (χ1) is 14.9. The second-order valence-electron chi connectivity index (χ2n) is 8.76. The minimum Gasteiger partial charge on any atom is -0.147 e. The summed E-state index contributed by atoms with van der Waals surface area (Å²) in [6, 6.07) is 36.4. The summed E-state index contributed by atoms with van der Waals surface area (Å²) in [4.78, 5) is 0. The predicted molar refractivity (Wildman–Crippen MR) is 140 cm³/mol. The van der Waals surface area contributed by atoms with Gasteiger partial charge in [-0.15, -0.1) is 24.8 Å². The van der Waals surface area contributed by atoms with Crippen molar-refractivity contribution in [2.75, 3.05) is 0 Å². The number of halogens is 2. The number of hydrogen-bond acceptors (Lipinski definition) is 0. The van der Waals surface area contributed by atoms with Crippen molar-refractivity contribution < 1.29 is 26.2 Å². The summed E-state index contributed by atoms with van der Waals surface area (Å²) in [6.45, 7) is 2.34. The van der Waals surface area contributed by atoms with Crippen molar-refractivity contribution in [1.82, 2.24) is 0 Å². The average Bonchev–Trinajstić information content (AvgIpc) is 3.31. The van der Waals surface area contributed by atoms with Crippen LogP contribution in [-0.2, 0) is 26.2 Å². The Balaban J connectivity index is 0.00000102. The van der Waals surface area contributed by atoms with Gasteiger partial charge in [-0.05, 0) is 56.8 Å². The third kappa shape index (κ3) is 4.07. The van der Waals surface area contributed by atoms with E-state index in [4.69, 9.17) is 0 Å². The summed E-state index contributed by atoms with van der Waals surface area (Å²) in [6.07, 6.45) is 2.42. The van der Waals surface area contributed by atoms with E-state index in [1.165, 1.54) is 57.3 Å². The van der Waals surface area contributed by atoms with E-state index < -0.39 is 0 Å². The van der Waals surface area contributed by atoms with Gasteiger partial charge in [-0.2, -0.15) is 0 Å². The zero-order valence-electron chi connectivity index (χ0n) is 18.7. The van der Waals surface area contributed by atoms with Crippen LogP contribution in [0.4, 0.5) is 0 Å². The van der Waals surface area contributed by atoms with Crippen LogP contribution < -0.4 is 0 Å². The zero-order chi connectivity index (χ0) is 20.1. The number of rotatable bonds is 4. The van der Waals surface area contributed by atoms with Crippen molar-refractivity contribution in [1.29, 1.82) is 0 Å². The van der Waals surface area contributed by atoms with Crippen LogP contribution >= 0.6 is 24.8 Å². The molecule has 0 radical (unpaired) electrons. The Labute approximate surface area is 228 Å². The van der Waals surface area contributed by atoms with Gasteiger partial charge in [0.25, 0.3) is 0 Å². The summed E-state index contributed by atoms with van der Waals surface area (Å²) in [7, 11) is 0. The molecule has 0 heterocycles. The SMILES string of the molecule is CCCC(C1c2ccccc2-c2ccccc21)C1c2ccccc2-c2ccccc21.Cl.Cl.[Zr]. The molecule has 0 bridgehead atoms. The van der Waals surface area contributed by atoms with E-state index in [-0.39, 0.29) is 51.0 Å². The van der Waals surface area contributed by atoms with Crippen molar-refractivity contribution in [3.63, 3.8) is 0 Å². The summed E-state index contributed by atoms with van der Waals surface area (Å²) in [5.41, 5.74) is 11.8. The zero-order valence-corrected chi connectivity index (χ0v) is 22.8. The molecule has 3 heteroatoms. The van der Waals surface area contributed by atoms with E-state index in [0.717, 1.165) is 0 Å². The van der Waals surface area contributed by atoms with Crippen LogP contribution in [0.5, 0.6) is 0 Å². The Hall–Kier alpha value is -1.66. The third-order valence-electron chi connectivity index (χ3n) is 7.24. The first-order valence-electron chi connectivity index (χ1n) is 11.2. The number of benzene rings is 4. The summed E-state index contributed by atoms with van der Waals surface area (Å²) < 4.78 is 0. The molecule has 0 saturated carbocycles. The molecule has 4 aromatic rings. The molecule has 33 heavy (non-hydrogen) atoms. The third-order valence-corrected chi connectivity index (χ3v) is 7.24. The van der Waals surface area contributed by atoms with Crippen LogP contribution in [0.1, 0.15) is 53.9 Å². The quantitative estimate of drug-likeness (QED) is 0.238. The normalized spacial score (nSPS) is 13.2. The molecular formula is C30H28Cl2Zr. The number of fused-ring (bicyclic) bond motifs is 6. The van der Waals surface area contributed by atoms with Crippen LogP contribution in [0.15, 0.2) is 97.1 Å². The molecule has 0 spiro atoms. The fourth-order valence-corrected chi connectivity index (χ4v) is 6.17. The van der Waals surface area contributed by atoms with E-state index >= 15 is 0 Å². The second-order valence-corrected chi connectivity index (χ2v) is 8.76. The molecule has 0 nitrogen and oxygen atoms in total. The Morgan fingerprint density at radius 1 is 0.515 bits per heavy atom. The topological polar surface area (TPSA) is 0 Å². The summed E-state index contributed by atoms with van der Waals surface area (Å²) in [5.74, 6) is 1.44. The Kier molecular flexibility index (Phi) is 8.44. The predicted octanol–water partition coefficient (Wildman–Crippen LogP) is 8.87. The molecule has 0 atom stereocenters. The number of hydrogen-bond donors (Lipinski definition) is 0. The van der Waals surface area contributed by atoms with Crippen LogP contribution in [-0.4, -0.2) is 0 Å². The maximum Gasteiger partial charge on any atom is 0.0139 e. The molecule has 0 saturated heterocycles. The van der Waals surface area contributed by atoms with Crippen LogP contribution in [0.2, 0.25) is 0 Å². The van der Waals surface area contributed by atoms with Gasteiger partial charge in [-0.25, -0.2) is 0 Å². The van der Waals surface area contributed by atoms with Gasteiger partial charge in [0, 0.05) is 38.0 Å². The molecular weight excluding hydrogens is 522 g/mol. The fraction of sp³-hybridized carbons (Fsp3) is 0.200. The van der Waals surface area contributed by atoms with E-state index in [0.29, 0.717) is 17.8 Å². The molecule has 6 rings (SSSR count). The molecule has 0 amide bonds. The Bertz CT molecular complexity index is 1060. The van der Waals surface area contributed by atoms with Gasteiger partial charge in [0.2, 0.25) is 0 Å². The van der Waals surface area contributed by atoms with Crippen LogP contribution in [0.25, 0.3) is 22.3 Å². The largest absolute Gasteiger partial charge is 0.147 e. The van der Waals surface area contributed by atoms with Crippen LogP contribution in [0.3, 0.4) is 0 Å². The van der Waals surface area contributed by atoms with E-state index in [1.54, 1.807) is 0 Å². The maximum absolute atomic E-state index is 2.37. The molecule has 0 aliphatic heterocycles. The molecule has 166 valence electrons. The van der Waals surface area contributed by atoms with Gasteiger partial charge in [0.05, 0.1) is 0 Å². The van der Waals surface area contributed by atoms with Gasteiger partial charge in [0.15, 0.2) is 0 Å². The van der Waals surface area contributed by atoms with Gasteiger partial charge in [-0.3, -0.25) is 0 Å². The molecule has 2 aliphatic carbocycles. The van der Waals surface area contributed by atoms with Gasteiger partial charge in [0.1, 0.15) is 0 Å². The van der Waals surface area contributed by atoms with Gasteiger partial charge >= 0.3 is 0 Å². The van der Waals surface area contributed by atoms with E-state index in [2.05, 4.69) is 104 Å². The Morgan fingerprint density at radius 3 is 1.06 bits per heavy atom. The van der Waals surface area contributed by atoms with Crippen molar-refractivity contribution in [2.24, 2.45) is 5.92 Å². The molecule has 0 N–H and O–H groups in total. The van der Waals surface area contributed by atoms with Crippen molar-refractivity contribution in [3.8, 4) is 22.3 Å². The minimum absolute atomic E-state index is 0. The monoisotopic (exact) mass is 548 g/mol. The standard InChI is InChI=1S/C30H26.2ClH.Zr/c1-2-11-28(29-24-16-7-3-12-20(24)21-13-4-8-17-25(21)29)30-26-18-9-5-14-22(26)23-15-6-10-19-27(23)30;;;/h3-10,12-19,28-30H,2,11H2,1H3;2*1H;. The minimum atomic E-state index is 0. The molecule has 0 unspecified atom stereocenters. The van der Waals surface area contributed by atoms with Crippen molar-refractivity contribution >= 4 is 24.8 Å². The van der Waals surface area contributed by atoms with Crippen LogP contribution in [0, 0.1) is 5.92 Å². The van der Waals surface area contributed by atoms with Gasteiger partial charge < -0.3 is 0 Å². The summed E-state index contributed by atoms with van der Waals surface area (Å²) in [5, 5.41) is 0. The summed E-state index contributed by atoms with van der Waals surface area (Å²) >= 11 is 0. The maximum atomic E-state index is 2.37. The van der Waals surface area contributed by atoms with Crippen molar-refractivity contribution in [2.45, 2.75) is 31.6 Å². The molecule has 0 fully saturated rings. The first kappa shape index (κ1) is 26.0.